The van der Waals surface area contributed by atoms with E-state index in [-0.39, 0.29) is 0 Å². The number of ether oxygens (including phenoxy) is 2. The fourth-order valence-corrected chi connectivity index (χ4v) is 1.81. The van der Waals surface area contributed by atoms with Gasteiger partial charge in [-0.05, 0) is 6.07 Å². The van der Waals surface area contributed by atoms with Crippen molar-refractivity contribution in [2.24, 2.45) is 0 Å². The topological polar surface area (TPSA) is 50.7 Å². The van der Waals surface area contributed by atoms with Crippen molar-refractivity contribution in [2.45, 2.75) is 0 Å². The predicted molar refractivity (Wildman–Crippen MR) is 70.2 cm³/mol. The van der Waals surface area contributed by atoms with Gasteiger partial charge in [0.15, 0.2) is 0 Å². The van der Waals surface area contributed by atoms with Crippen molar-refractivity contribution in [3.8, 4) is 0 Å². The van der Waals surface area contributed by atoms with Crippen LogP contribution in [0.5, 0.6) is 0 Å². The molecule has 2 rings (SSSR count). The molecule has 6 heteroatoms. The first kappa shape index (κ1) is 13.0. The number of aromatic nitrogens is 2. The lowest BCUT2D eigenvalue weighted by atomic mass is 10.4. The van der Waals surface area contributed by atoms with Crippen LogP contribution >= 0.6 is 0 Å². The summed E-state index contributed by atoms with van der Waals surface area (Å²) in [6.45, 7) is 4.69. The molecule has 0 aliphatic carbocycles. The van der Waals surface area contributed by atoms with E-state index < -0.39 is 0 Å². The summed E-state index contributed by atoms with van der Waals surface area (Å²) < 4.78 is 10.4. The third-order valence-corrected chi connectivity index (χ3v) is 2.94. The first-order chi connectivity index (χ1) is 8.81. The summed E-state index contributed by atoms with van der Waals surface area (Å²) in [5.74, 6) is 1.70. The summed E-state index contributed by atoms with van der Waals surface area (Å²) in [4.78, 5) is 13.1. The normalized spacial score (nSPS) is 15.8. The summed E-state index contributed by atoms with van der Waals surface area (Å²) >= 11 is 0. The highest BCUT2D eigenvalue weighted by Crippen LogP contribution is 2.14. The van der Waals surface area contributed by atoms with Crippen molar-refractivity contribution in [3.63, 3.8) is 0 Å². The van der Waals surface area contributed by atoms with Gasteiger partial charge in [-0.3, -0.25) is 0 Å². The van der Waals surface area contributed by atoms with Gasteiger partial charge < -0.3 is 19.3 Å². The van der Waals surface area contributed by atoms with Crippen LogP contribution in [-0.4, -0.2) is 63.6 Å². The van der Waals surface area contributed by atoms with Crippen LogP contribution in [0, 0.1) is 0 Å². The van der Waals surface area contributed by atoms with E-state index in [1.165, 1.54) is 0 Å². The first-order valence-electron chi connectivity index (χ1n) is 6.17. The predicted octanol–water partition coefficient (Wildman–Crippen LogP) is 0.396. The molecule has 1 aromatic heterocycles. The molecule has 100 valence electrons. The molecule has 0 amide bonds. The Bertz CT molecular complexity index is 369. The number of rotatable bonds is 5. The highest BCUT2D eigenvalue weighted by molar-refractivity contribution is 5.43. The zero-order valence-corrected chi connectivity index (χ0v) is 11.0. The molecule has 1 aliphatic heterocycles. The van der Waals surface area contributed by atoms with Gasteiger partial charge in [-0.25, -0.2) is 4.98 Å². The van der Waals surface area contributed by atoms with Gasteiger partial charge in [-0.2, -0.15) is 4.98 Å². The maximum Gasteiger partial charge on any atom is 0.227 e. The Kier molecular flexibility index (Phi) is 4.72. The number of likely N-dealkylation sites (N-methyl/N-ethyl adjacent to an activating group) is 1. The second-order valence-electron chi connectivity index (χ2n) is 4.23. The third kappa shape index (κ3) is 3.30. The lowest BCUT2D eigenvalue weighted by Crippen LogP contribution is -2.37. The number of nitrogens with zero attached hydrogens (tertiary/aromatic N) is 4. The Morgan fingerprint density at radius 2 is 2.22 bits per heavy atom. The molecule has 0 radical (unpaired) electrons. The Hall–Kier alpha value is -1.40. The summed E-state index contributed by atoms with van der Waals surface area (Å²) in [6, 6.07) is 1.92. The lowest BCUT2D eigenvalue weighted by Gasteiger charge is -2.27. The fraction of sp³-hybridized carbons (Fsp3) is 0.667. The smallest absolute Gasteiger partial charge is 0.227 e. The van der Waals surface area contributed by atoms with Gasteiger partial charge in [0.2, 0.25) is 5.95 Å². The van der Waals surface area contributed by atoms with Crippen LogP contribution in [-0.2, 0) is 9.47 Å². The molecule has 0 bridgehead atoms. The monoisotopic (exact) mass is 252 g/mol. The number of hydrogen-bond acceptors (Lipinski definition) is 6. The van der Waals surface area contributed by atoms with E-state index in [0.717, 1.165) is 44.6 Å². The van der Waals surface area contributed by atoms with Crippen LogP contribution in [0.4, 0.5) is 11.8 Å². The minimum absolute atomic E-state index is 0.688. The average molecular weight is 252 g/mol. The van der Waals surface area contributed by atoms with Gasteiger partial charge in [-0.15, -0.1) is 0 Å². The molecule has 1 fully saturated rings. The Morgan fingerprint density at radius 3 is 2.94 bits per heavy atom. The van der Waals surface area contributed by atoms with Crippen molar-refractivity contribution in [2.75, 3.05) is 63.4 Å². The fourth-order valence-electron chi connectivity index (χ4n) is 1.81. The van der Waals surface area contributed by atoms with Gasteiger partial charge in [0.25, 0.3) is 0 Å². The molecule has 18 heavy (non-hydrogen) atoms. The number of hydrogen-bond donors (Lipinski definition) is 0. The van der Waals surface area contributed by atoms with Crippen molar-refractivity contribution < 1.29 is 9.47 Å². The highest BCUT2D eigenvalue weighted by Gasteiger charge is 2.14. The van der Waals surface area contributed by atoms with Crippen LogP contribution in [0.1, 0.15) is 0 Å². The number of methoxy groups -OCH3 is 1. The van der Waals surface area contributed by atoms with Crippen LogP contribution in [0.3, 0.4) is 0 Å². The van der Waals surface area contributed by atoms with E-state index in [9.17, 15) is 0 Å². The average Bonchev–Trinajstić information content (AvgIpc) is 2.46. The SMILES string of the molecule is COCCN(C)c1ccnc(N2CCOCC2)n1. The zero-order valence-electron chi connectivity index (χ0n) is 11.0. The van der Waals surface area contributed by atoms with Gasteiger partial charge in [0.1, 0.15) is 5.82 Å². The molecular formula is C12H20N4O2. The highest BCUT2D eigenvalue weighted by atomic mass is 16.5. The van der Waals surface area contributed by atoms with E-state index in [0.29, 0.717) is 6.61 Å². The van der Waals surface area contributed by atoms with Crippen LogP contribution in [0.25, 0.3) is 0 Å². The van der Waals surface area contributed by atoms with E-state index in [1.54, 1.807) is 13.3 Å². The molecule has 1 saturated heterocycles. The first-order valence-corrected chi connectivity index (χ1v) is 6.17. The number of morpholine rings is 1. The minimum Gasteiger partial charge on any atom is -0.383 e. The molecule has 0 N–H and O–H groups in total. The molecule has 1 aliphatic rings. The number of anilines is 2. The molecule has 0 aromatic carbocycles. The van der Waals surface area contributed by atoms with Crippen molar-refractivity contribution in [1.82, 2.24) is 9.97 Å². The molecule has 2 heterocycles. The van der Waals surface area contributed by atoms with Gasteiger partial charge in [0.05, 0.1) is 19.8 Å². The Balaban J connectivity index is 2.04. The summed E-state index contributed by atoms with van der Waals surface area (Å²) in [6.07, 6.45) is 1.80. The van der Waals surface area contributed by atoms with Gasteiger partial charge >= 0.3 is 0 Å². The van der Waals surface area contributed by atoms with E-state index >= 15 is 0 Å². The standard InChI is InChI=1S/C12H20N4O2/c1-15(5-8-17-2)11-3-4-13-12(14-11)16-6-9-18-10-7-16/h3-4H,5-10H2,1-2H3. The minimum atomic E-state index is 0.688. The molecular weight excluding hydrogens is 232 g/mol. The zero-order chi connectivity index (χ0) is 12.8. The second kappa shape index (κ2) is 6.51. The van der Waals surface area contributed by atoms with Gasteiger partial charge in [0, 0.05) is 40.0 Å². The van der Waals surface area contributed by atoms with E-state index in [4.69, 9.17) is 9.47 Å². The summed E-state index contributed by atoms with van der Waals surface area (Å²) in [5.41, 5.74) is 0. The quantitative estimate of drug-likeness (QED) is 0.756. The lowest BCUT2D eigenvalue weighted by molar-refractivity contribution is 0.122. The van der Waals surface area contributed by atoms with Crippen molar-refractivity contribution in [3.05, 3.63) is 12.3 Å². The van der Waals surface area contributed by atoms with Crippen LogP contribution in [0.2, 0.25) is 0 Å². The van der Waals surface area contributed by atoms with Gasteiger partial charge in [-0.1, -0.05) is 0 Å². The van der Waals surface area contributed by atoms with Crippen LogP contribution < -0.4 is 9.80 Å². The summed E-state index contributed by atoms with van der Waals surface area (Å²) in [7, 11) is 3.71. The maximum absolute atomic E-state index is 5.33. The second-order valence-corrected chi connectivity index (χ2v) is 4.23. The Morgan fingerprint density at radius 1 is 1.44 bits per heavy atom. The molecule has 1 aromatic rings. The third-order valence-electron chi connectivity index (χ3n) is 2.94. The molecule has 0 spiro atoms. The van der Waals surface area contributed by atoms with Crippen LogP contribution in [0.15, 0.2) is 12.3 Å². The van der Waals surface area contributed by atoms with Crippen molar-refractivity contribution >= 4 is 11.8 Å². The van der Waals surface area contributed by atoms with E-state index in [2.05, 4.69) is 19.8 Å². The maximum atomic E-state index is 5.33. The van der Waals surface area contributed by atoms with Crippen molar-refractivity contribution in [1.29, 1.82) is 0 Å². The molecule has 0 saturated carbocycles. The summed E-state index contributed by atoms with van der Waals surface area (Å²) in [5, 5.41) is 0. The largest absolute Gasteiger partial charge is 0.383 e. The molecule has 0 atom stereocenters. The van der Waals surface area contributed by atoms with E-state index in [1.807, 2.05) is 13.1 Å². The Labute approximate surface area is 108 Å². The molecule has 6 nitrogen and oxygen atoms in total. The molecule has 0 unspecified atom stereocenters.